The van der Waals surface area contributed by atoms with Gasteiger partial charge < -0.3 is 25.0 Å². The van der Waals surface area contributed by atoms with Crippen LogP contribution in [0, 0.1) is 0 Å². The van der Waals surface area contributed by atoms with Crippen molar-refractivity contribution in [2.45, 2.75) is 13.3 Å². The number of hydrogen-bond donors (Lipinski definition) is 2. The van der Waals surface area contributed by atoms with Gasteiger partial charge in [0.05, 0.1) is 5.56 Å². The first-order chi connectivity index (χ1) is 15.1. The van der Waals surface area contributed by atoms with E-state index in [2.05, 4.69) is 21.2 Å². The molecule has 166 valence electrons. The third-order valence-electron chi connectivity index (χ3n) is 5.05. The summed E-state index contributed by atoms with van der Waals surface area (Å²) in [6.07, 6.45) is 0.847. The predicted octanol–water partition coefficient (Wildman–Crippen LogP) is 4.05. The predicted molar refractivity (Wildman–Crippen MR) is 126 cm³/mol. The lowest BCUT2D eigenvalue weighted by Crippen LogP contribution is -2.50. The number of nitrogens with zero attached hydrogens (tertiary/aromatic N) is 3. The van der Waals surface area contributed by atoms with Crippen LogP contribution in [0.15, 0.2) is 53.5 Å². The van der Waals surface area contributed by atoms with E-state index in [0.29, 0.717) is 19.8 Å². The molecule has 1 aliphatic heterocycles. The Balaban J connectivity index is 1.66. The second-order valence-corrected chi connectivity index (χ2v) is 7.65. The van der Waals surface area contributed by atoms with Gasteiger partial charge in [-0.1, -0.05) is 17.7 Å². The SMILES string of the molecule is CCOCCCN=C(Nc1ccc(C(=O)O)cc1)N1CCN(c2cccc(Cl)c2)CC1. The molecule has 2 aromatic rings. The molecular formula is C23H29ClN4O3. The number of carboxylic acid groups (broad SMARTS) is 1. The van der Waals surface area contributed by atoms with E-state index in [1.165, 1.54) is 0 Å². The van der Waals surface area contributed by atoms with Gasteiger partial charge in [0.2, 0.25) is 0 Å². The van der Waals surface area contributed by atoms with Crippen LogP contribution in [0.1, 0.15) is 23.7 Å². The molecule has 0 radical (unpaired) electrons. The van der Waals surface area contributed by atoms with Gasteiger partial charge in [0.15, 0.2) is 5.96 Å². The van der Waals surface area contributed by atoms with Crippen molar-refractivity contribution >= 4 is 34.9 Å². The maximum absolute atomic E-state index is 11.1. The molecule has 0 spiro atoms. The molecule has 0 aliphatic carbocycles. The molecule has 1 fully saturated rings. The summed E-state index contributed by atoms with van der Waals surface area (Å²) < 4.78 is 5.41. The number of benzene rings is 2. The Morgan fingerprint density at radius 1 is 1.16 bits per heavy atom. The van der Waals surface area contributed by atoms with Crippen LogP contribution < -0.4 is 10.2 Å². The molecule has 0 aromatic heterocycles. The van der Waals surface area contributed by atoms with Crippen molar-refractivity contribution in [2.24, 2.45) is 4.99 Å². The summed E-state index contributed by atoms with van der Waals surface area (Å²) in [5.41, 5.74) is 2.20. The van der Waals surface area contributed by atoms with Crippen molar-refractivity contribution in [3.63, 3.8) is 0 Å². The average Bonchev–Trinajstić information content (AvgIpc) is 2.78. The van der Waals surface area contributed by atoms with Gasteiger partial charge in [-0.05, 0) is 55.8 Å². The molecule has 7 nitrogen and oxygen atoms in total. The zero-order valence-corrected chi connectivity index (χ0v) is 18.5. The molecule has 2 N–H and O–H groups in total. The molecule has 0 unspecified atom stereocenters. The Bertz CT molecular complexity index is 881. The first-order valence-corrected chi connectivity index (χ1v) is 10.9. The van der Waals surface area contributed by atoms with E-state index in [1.807, 2.05) is 25.1 Å². The summed E-state index contributed by atoms with van der Waals surface area (Å²) in [5.74, 6) is -0.140. The van der Waals surface area contributed by atoms with Gasteiger partial charge in [0.25, 0.3) is 0 Å². The van der Waals surface area contributed by atoms with Crippen molar-refractivity contribution in [3.8, 4) is 0 Å². The highest BCUT2D eigenvalue weighted by Crippen LogP contribution is 2.21. The molecule has 0 bridgehead atoms. The molecule has 31 heavy (non-hydrogen) atoms. The lowest BCUT2D eigenvalue weighted by atomic mass is 10.2. The van der Waals surface area contributed by atoms with E-state index >= 15 is 0 Å². The van der Waals surface area contributed by atoms with Crippen LogP contribution in [-0.4, -0.2) is 67.9 Å². The van der Waals surface area contributed by atoms with Gasteiger partial charge in [-0.2, -0.15) is 0 Å². The molecule has 0 atom stereocenters. The molecular weight excluding hydrogens is 416 g/mol. The highest BCUT2D eigenvalue weighted by Gasteiger charge is 2.20. The zero-order chi connectivity index (χ0) is 22.1. The zero-order valence-electron chi connectivity index (χ0n) is 17.8. The van der Waals surface area contributed by atoms with Gasteiger partial charge in [-0.15, -0.1) is 0 Å². The Morgan fingerprint density at radius 2 is 1.90 bits per heavy atom. The van der Waals surface area contributed by atoms with Crippen LogP contribution in [0.3, 0.4) is 0 Å². The summed E-state index contributed by atoms with van der Waals surface area (Å²) in [6, 6.07) is 14.6. The number of halogens is 1. The van der Waals surface area contributed by atoms with Gasteiger partial charge in [-0.3, -0.25) is 4.99 Å². The highest BCUT2D eigenvalue weighted by molar-refractivity contribution is 6.30. The van der Waals surface area contributed by atoms with Gasteiger partial charge in [0, 0.05) is 62.3 Å². The van der Waals surface area contributed by atoms with E-state index in [1.54, 1.807) is 24.3 Å². The minimum absolute atomic E-state index is 0.260. The molecule has 0 amide bonds. The van der Waals surface area contributed by atoms with Crippen LogP contribution in [0.4, 0.5) is 11.4 Å². The number of carbonyl (C=O) groups is 1. The monoisotopic (exact) mass is 444 g/mol. The number of aromatic carboxylic acids is 1. The van der Waals surface area contributed by atoms with E-state index < -0.39 is 5.97 Å². The minimum Gasteiger partial charge on any atom is -0.478 e. The molecule has 8 heteroatoms. The molecule has 1 heterocycles. The first-order valence-electron chi connectivity index (χ1n) is 10.5. The highest BCUT2D eigenvalue weighted by atomic mass is 35.5. The minimum atomic E-state index is -0.937. The lowest BCUT2D eigenvalue weighted by molar-refractivity contribution is 0.0697. The quantitative estimate of drug-likeness (QED) is 0.363. The third kappa shape index (κ3) is 6.87. The van der Waals surface area contributed by atoms with E-state index in [9.17, 15) is 4.79 Å². The summed E-state index contributed by atoms with van der Waals surface area (Å²) in [4.78, 5) is 20.4. The molecule has 0 saturated carbocycles. The number of anilines is 2. The fourth-order valence-electron chi connectivity index (χ4n) is 3.39. The van der Waals surface area contributed by atoms with Gasteiger partial charge >= 0.3 is 5.97 Å². The summed E-state index contributed by atoms with van der Waals surface area (Å²) in [7, 11) is 0. The van der Waals surface area contributed by atoms with E-state index in [0.717, 1.165) is 55.0 Å². The van der Waals surface area contributed by atoms with Crippen LogP contribution >= 0.6 is 11.6 Å². The molecule has 1 aliphatic rings. The van der Waals surface area contributed by atoms with E-state index in [4.69, 9.17) is 26.4 Å². The Hall–Kier alpha value is -2.77. The first kappa shape index (κ1) is 22.9. The number of rotatable bonds is 8. The van der Waals surface area contributed by atoms with Gasteiger partial charge in [0.1, 0.15) is 0 Å². The average molecular weight is 445 g/mol. The van der Waals surface area contributed by atoms with Crippen molar-refractivity contribution in [3.05, 3.63) is 59.1 Å². The third-order valence-corrected chi connectivity index (χ3v) is 5.29. The number of carboxylic acids is 1. The largest absolute Gasteiger partial charge is 0.478 e. The number of guanidine groups is 1. The molecule has 3 rings (SSSR count). The molecule has 1 saturated heterocycles. The van der Waals surface area contributed by atoms with Crippen LogP contribution in [0.25, 0.3) is 0 Å². The standard InChI is InChI=1S/C23H29ClN4O3/c1-2-31-16-4-11-25-23(26-20-9-7-18(8-10-20)22(29)30)28-14-12-27(13-15-28)21-6-3-5-19(24)17-21/h3,5-10,17H,2,4,11-16H2,1H3,(H,25,26)(H,29,30). The number of piperazine rings is 1. The number of aliphatic imine (C=N–C) groups is 1. The Kier molecular flexibility index (Phi) is 8.55. The van der Waals surface area contributed by atoms with Crippen LogP contribution in [-0.2, 0) is 4.74 Å². The van der Waals surface area contributed by atoms with Crippen LogP contribution in [0.2, 0.25) is 5.02 Å². The summed E-state index contributed by atoms with van der Waals surface area (Å²) in [6.45, 7) is 7.38. The lowest BCUT2D eigenvalue weighted by Gasteiger charge is -2.37. The number of nitrogens with one attached hydrogen (secondary N) is 1. The normalized spacial score (nSPS) is 14.6. The smallest absolute Gasteiger partial charge is 0.335 e. The molecule has 2 aromatic carbocycles. The summed E-state index contributed by atoms with van der Waals surface area (Å²) in [5, 5.41) is 13.2. The fourth-order valence-corrected chi connectivity index (χ4v) is 3.57. The van der Waals surface area contributed by atoms with Gasteiger partial charge in [-0.25, -0.2) is 4.79 Å². The van der Waals surface area contributed by atoms with Crippen LogP contribution in [0.5, 0.6) is 0 Å². The second kappa shape index (κ2) is 11.6. The number of hydrogen-bond acceptors (Lipinski definition) is 4. The summed E-state index contributed by atoms with van der Waals surface area (Å²) >= 11 is 6.14. The number of ether oxygens (including phenoxy) is 1. The maximum atomic E-state index is 11.1. The van der Waals surface area contributed by atoms with Crippen molar-refractivity contribution in [1.29, 1.82) is 0 Å². The van der Waals surface area contributed by atoms with Crippen molar-refractivity contribution in [2.75, 3.05) is 56.2 Å². The van der Waals surface area contributed by atoms with Crippen molar-refractivity contribution in [1.82, 2.24) is 4.90 Å². The Morgan fingerprint density at radius 3 is 2.55 bits per heavy atom. The Labute approximate surface area is 188 Å². The topological polar surface area (TPSA) is 77.4 Å². The second-order valence-electron chi connectivity index (χ2n) is 7.22. The van der Waals surface area contributed by atoms with Crippen molar-refractivity contribution < 1.29 is 14.6 Å². The maximum Gasteiger partial charge on any atom is 0.335 e. The fraction of sp³-hybridized carbons (Fsp3) is 0.391. The van der Waals surface area contributed by atoms with E-state index in [-0.39, 0.29) is 5.56 Å².